The van der Waals surface area contributed by atoms with Crippen LogP contribution in [0.4, 0.5) is 0 Å². The van der Waals surface area contributed by atoms with E-state index in [2.05, 4.69) is 17.6 Å². The number of nitrogens with zero attached hydrogens (tertiary/aromatic N) is 2. The Balaban J connectivity index is 2.78. The summed E-state index contributed by atoms with van der Waals surface area (Å²) in [5.41, 5.74) is 0.732. The molecule has 3 nitrogen and oxygen atoms in total. The SMILES string of the molecule is Cc1cc(=O)n(C/C=C/CS)cn1. The predicted molar refractivity (Wildman–Crippen MR) is 56.2 cm³/mol. The molecule has 1 aromatic rings. The topological polar surface area (TPSA) is 34.9 Å². The van der Waals surface area contributed by atoms with E-state index < -0.39 is 0 Å². The second-order valence-corrected chi connectivity index (χ2v) is 3.04. The molecule has 0 saturated heterocycles. The van der Waals surface area contributed by atoms with Crippen LogP contribution in [0.25, 0.3) is 0 Å². The van der Waals surface area contributed by atoms with Crippen molar-refractivity contribution in [2.45, 2.75) is 13.5 Å². The third-order valence-electron chi connectivity index (χ3n) is 1.59. The summed E-state index contributed by atoms with van der Waals surface area (Å²) < 4.78 is 1.55. The second-order valence-electron chi connectivity index (χ2n) is 2.67. The highest BCUT2D eigenvalue weighted by Gasteiger charge is 1.93. The first-order valence-corrected chi connectivity index (χ1v) is 4.66. The Morgan fingerprint density at radius 2 is 2.38 bits per heavy atom. The van der Waals surface area contributed by atoms with Crippen molar-refractivity contribution in [2.75, 3.05) is 5.75 Å². The van der Waals surface area contributed by atoms with Gasteiger partial charge in [0.25, 0.3) is 5.56 Å². The van der Waals surface area contributed by atoms with Crippen LogP contribution in [-0.4, -0.2) is 15.3 Å². The smallest absolute Gasteiger partial charge is 0.253 e. The Morgan fingerprint density at radius 3 is 3.00 bits per heavy atom. The molecule has 0 fully saturated rings. The van der Waals surface area contributed by atoms with Crippen LogP contribution in [0.3, 0.4) is 0 Å². The van der Waals surface area contributed by atoms with E-state index in [9.17, 15) is 4.79 Å². The lowest BCUT2D eigenvalue weighted by Crippen LogP contribution is -2.19. The van der Waals surface area contributed by atoms with Crippen LogP contribution >= 0.6 is 12.6 Å². The summed E-state index contributed by atoms with van der Waals surface area (Å²) in [6.45, 7) is 2.36. The van der Waals surface area contributed by atoms with Gasteiger partial charge in [-0.3, -0.25) is 9.36 Å². The zero-order chi connectivity index (χ0) is 9.68. The number of allylic oxidation sites excluding steroid dienone is 1. The van der Waals surface area contributed by atoms with Crippen LogP contribution in [0, 0.1) is 6.92 Å². The monoisotopic (exact) mass is 196 g/mol. The lowest BCUT2D eigenvalue weighted by Gasteiger charge is -1.99. The highest BCUT2D eigenvalue weighted by molar-refractivity contribution is 7.80. The third-order valence-corrected chi connectivity index (χ3v) is 1.80. The van der Waals surface area contributed by atoms with Gasteiger partial charge < -0.3 is 0 Å². The largest absolute Gasteiger partial charge is 0.295 e. The summed E-state index contributed by atoms with van der Waals surface area (Å²) in [6.07, 6.45) is 5.35. The molecule has 1 aromatic heterocycles. The number of aryl methyl sites for hydroxylation is 1. The minimum absolute atomic E-state index is 0.0173. The van der Waals surface area contributed by atoms with Gasteiger partial charge in [-0.25, -0.2) is 4.98 Å². The first kappa shape index (κ1) is 10.1. The molecule has 0 bridgehead atoms. The molecule has 1 heterocycles. The molecule has 0 N–H and O–H groups in total. The van der Waals surface area contributed by atoms with Crippen molar-refractivity contribution in [1.82, 2.24) is 9.55 Å². The lowest BCUT2D eigenvalue weighted by atomic mass is 10.4. The Labute approximate surface area is 82.5 Å². The fourth-order valence-electron chi connectivity index (χ4n) is 0.916. The molecule has 0 radical (unpaired) electrons. The molecule has 0 saturated carbocycles. The van der Waals surface area contributed by atoms with Crippen molar-refractivity contribution in [3.05, 3.63) is 40.6 Å². The molecule has 0 aliphatic heterocycles. The van der Waals surface area contributed by atoms with Crippen LogP contribution in [0.1, 0.15) is 5.69 Å². The number of aromatic nitrogens is 2. The molecule has 0 spiro atoms. The molecular formula is C9H12N2OS. The average molecular weight is 196 g/mol. The van der Waals surface area contributed by atoms with Crippen molar-refractivity contribution in [3.63, 3.8) is 0 Å². The number of rotatable bonds is 3. The summed E-state index contributed by atoms with van der Waals surface area (Å²) in [7, 11) is 0. The van der Waals surface area contributed by atoms with Gasteiger partial charge >= 0.3 is 0 Å². The fourth-order valence-corrected chi connectivity index (χ4v) is 1.07. The Morgan fingerprint density at radius 1 is 1.62 bits per heavy atom. The molecule has 0 aliphatic carbocycles. The van der Waals surface area contributed by atoms with Crippen LogP contribution in [0.5, 0.6) is 0 Å². The van der Waals surface area contributed by atoms with E-state index in [4.69, 9.17) is 0 Å². The summed E-state index contributed by atoms with van der Waals surface area (Å²) in [5.74, 6) is 0.689. The standard InChI is InChI=1S/C9H12N2OS/c1-8-6-9(12)11(7-10-8)4-2-3-5-13/h2-3,6-7,13H,4-5H2,1H3/b3-2+. The zero-order valence-corrected chi connectivity index (χ0v) is 8.37. The summed E-state index contributed by atoms with van der Waals surface area (Å²) >= 11 is 4.02. The summed E-state index contributed by atoms with van der Waals surface area (Å²) in [5, 5.41) is 0. The quantitative estimate of drug-likeness (QED) is 0.579. The van der Waals surface area contributed by atoms with Gasteiger partial charge in [-0.2, -0.15) is 12.6 Å². The van der Waals surface area contributed by atoms with E-state index in [0.29, 0.717) is 12.3 Å². The van der Waals surface area contributed by atoms with Gasteiger partial charge in [-0.1, -0.05) is 12.2 Å². The molecule has 70 valence electrons. The van der Waals surface area contributed by atoms with E-state index in [1.165, 1.54) is 6.07 Å². The molecule has 0 aliphatic rings. The first-order valence-electron chi connectivity index (χ1n) is 4.03. The van der Waals surface area contributed by atoms with E-state index in [-0.39, 0.29) is 5.56 Å². The lowest BCUT2D eigenvalue weighted by molar-refractivity contribution is 0.746. The molecule has 0 aromatic carbocycles. The molecule has 0 atom stereocenters. The minimum atomic E-state index is -0.0173. The summed E-state index contributed by atoms with van der Waals surface area (Å²) in [6, 6.07) is 1.52. The number of thiol groups is 1. The molecule has 4 heteroatoms. The number of hydrogen-bond donors (Lipinski definition) is 1. The Hall–Kier alpha value is -1.03. The molecule has 0 amide bonds. The van der Waals surface area contributed by atoms with Gasteiger partial charge in [-0.05, 0) is 6.92 Å². The van der Waals surface area contributed by atoms with Gasteiger partial charge in [0, 0.05) is 24.1 Å². The van der Waals surface area contributed by atoms with E-state index in [1.807, 2.05) is 12.2 Å². The Bertz CT molecular complexity index is 357. The normalized spacial score (nSPS) is 10.9. The second kappa shape index (κ2) is 4.87. The highest BCUT2D eigenvalue weighted by Crippen LogP contribution is 1.86. The zero-order valence-electron chi connectivity index (χ0n) is 7.47. The predicted octanol–water partition coefficient (Wildman–Crippen LogP) is 1.04. The van der Waals surface area contributed by atoms with E-state index in [1.54, 1.807) is 17.8 Å². The fraction of sp³-hybridized carbons (Fsp3) is 0.333. The maximum absolute atomic E-state index is 11.3. The van der Waals surface area contributed by atoms with Gasteiger partial charge in [0.05, 0.1) is 6.33 Å². The molecular weight excluding hydrogens is 184 g/mol. The van der Waals surface area contributed by atoms with E-state index >= 15 is 0 Å². The third kappa shape index (κ3) is 3.06. The van der Waals surface area contributed by atoms with Crippen LogP contribution in [0.2, 0.25) is 0 Å². The molecule has 0 unspecified atom stereocenters. The Kier molecular flexibility index (Phi) is 3.76. The maximum Gasteiger partial charge on any atom is 0.253 e. The maximum atomic E-state index is 11.3. The summed E-state index contributed by atoms with van der Waals surface area (Å²) in [4.78, 5) is 15.3. The van der Waals surface area contributed by atoms with Crippen LogP contribution in [0.15, 0.2) is 29.3 Å². The van der Waals surface area contributed by atoms with E-state index in [0.717, 1.165) is 5.69 Å². The van der Waals surface area contributed by atoms with Crippen molar-refractivity contribution in [3.8, 4) is 0 Å². The average Bonchev–Trinajstić information content (AvgIpc) is 2.09. The van der Waals surface area contributed by atoms with Crippen molar-refractivity contribution >= 4 is 12.6 Å². The van der Waals surface area contributed by atoms with Gasteiger partial charge in [0.1, 0.15) is 0 Å². The van der Waals surface area contributed by atoms with Gasteiger partial charge in [-0.15, -0.1) is 0 Å². The van der Waals surface area contributed by atoms with Crippen LogP contribution in [-0.2, 0) is 6.54 Å². The number of hydrogen-bond acceptors (Lipinski definition) is 3. The van der Waals surface area contributed by atoms with Crippen molar-refractivity contribution < 1.29 is 0 Å². The minimum Gasteiger partial charge on any atom is -0.295 e. The van der Waals surface area contributed by atoms with Gasteiger partial charge in [0.15, 0.2) is 0 Å². The van der Waals surface area contributed by atoms with Crippen molar-refractivity contribution in [2.24, 2.45) is 0 Å². The van der Waals surface area contributed by atoms with Crippen molar-refractivity contribution in [1.29, 1.82) is 0 Å². The molecule has 13 heavy (non-hydrogen) atoms. The molecule has 1 rings (SSSR count). The van der Waals surface area contributed by atoms with Gasteiger partial charge in [0.2, 0.25) is 0 Å². The first-order chi connectivity index (χ1) is 6.24. The van der Waals surface area contributed by atoms with Crippen LogP contribution < -0.4 is 5.56 Å². The highest BCUT2D eigenvalue weighted by atomic mass is 32.1.